The van der Waals surface area contributed by atoms with E-state index in [1.807, 2.05) is 0 Å². The highest BCUT2D eigenvalue weighted by Gasteiger charge is 2.38. The van der Waals surface area contributed by atoms with Gasteiger partial charge in [-0.05, 0) is 25.3 Å². The minimum absolute atomic E-state index is 0.288. The molecular formula is C10H21NO. The zero-order chi connectivity index (χ0) is 9.14. The Morgan fingerprint density at radius 2 is 2.17 bits per heavy atom. The van der Waals surface area contributed by atoms with Crippen LogP contribution in [0, 0.1) is 11.8 Å². The molecule has 3 atom stereocenters. The Bertz CT molecular complexity index is 138. The van der Waals surface area contributed by atoms with Gasteiger partial charge in [-0.3, -0.25) is 0 Å². The Hall–Kier alpha value is -0.0800. The smallest absolute Gasteiger partial charge is 0.0558 e. The van der Waals surface area contributed by atoms with Crippen LogP contribution in [-0.2, 0) is 0 Å². The van der Waals surface area contributed by atoms with E-state index in [0.717, 1.165) is 24.4 Å². The molecule has 0 aromatic heterocycles. The van der Waals surface area contributed by atoms with Gasteiger partial charge >= 0.3 is 0 Å². The fraction of sp³-hybridized carbons (Fsp3) is 1.00. The van der Waals surface area contributed by atoms with Crippen molar-refractivity contribution in [2.24, 2.45) is 11.8 Å². The topological polar surface area (TPSA) is 23.5 Å². The Labute approximate surface area is 75.6 Å². The minimum Gasteiger partial charge on any atom is -0.395 e. The van der Waals surface area contributed by atoms with E-state index in [1.165, 1.54) is 12.8 Å². The first kappa shape index (κ1) is 10.0. The van der Waals surface area contributed by atoms with Gasteiger partial charge in [0.15, 0.2) is 0 Å². The highest BCUT2D eigenvalue weighted by Crippen LogP contribution is 2.38. The average Bonchev–Trinajstić information content (AvgIpc) is 2.00. The van der Waals surface area contributed by atoms with Crippen molar-refractivity contribution in [1.29, 1.82) is 0 Å². The van der Waals surface area contributed by atoms with Gasteiger partial charge in [-0.15, -0.1) is 0 Å². The van der Waals surface area contributed by atoms with Gasteiger partial charge in [0, 0.05) is 12.6 Å². The molecule has 0 aromatic carbocycles. The van der Waals surface area contributed by atoms with E-state index in [1.54, 1.807) is 0 Å². The van der Waals surface area contributed by atoms with Crippen molar-refractivity contribution in [2.75, 3.05) is 20.2 Å². The Morgan fingerprint density at radius 3 is 2.58 bits per heavy atom. The molecule has 1 fully saturated rings. The van der Waals surface area contributed by atoms with Gasteiger partial charge in [0.1, 0.15) is 0 Å². The lowest BCUT2D eigenvalue weighted by molar-refractivity contribution is 0.0136. The first-order valence-electron chi connectivity index (χ1n) is 5.01. The maximum absolute atomic E-state index is 8.81. The predicted octanol–water partition coefficient (Wildman–Crippen LogP) is 1.35. The molecule has 1 aliphatic carbocycles. The zero-order valence-corrected chi connectivity index (χ0v) is 8.45. The van der Waals surface area contributed by atoms with Crippen molar-refractivity contribution in [1.82, 2.24) is 4.90 Å². The maximum Gasteiger partial charge on any atom is 0.0558 e. The van der Waals surface area contributed by atoms with Crippen LogP contribution in [-0.4, -0.2) is 36.2 Å². The SMILES string of the molecule is CCC1CC(C)C1N(C)CCO. The molecule has 2 heteroatoms. The standard InChI is InChI=1S/C10H21NO/c1-4-9-7-8(2)10(9)11(3)5-6-12/h8-10,12H,4-7H2,1-3H3. The normalized spacial score (nSPS) is 35.2. The molecule has 3 unspecified atom stereocenters. The summed E-state index contributed by atoms with van der Waals surface area (Å²) in [6, 6.07) is 0.724. The van der Waals surface area contributed by atoms with Gasteiger partial charge in [0.25, 0.3) is 0 Å². The quantitative estimate of drug-likeness (QED) is 0.690. The zero-order valence-electron chi connectivity index (χ0n) is 8.45. The van der Waals surface area contributed by atoms with Crippen molar-refractivity contribution in [2.45, 2.75) is 32.7 Å². The Kier molecular flexibility index (Phi) is 3.53. The largest absolute Gasteiger partial charge is 0.395 e. The van der Waals surface area contributed by atoms with Crippen LogP contribution in [0.15, 0.2) is 0 Å². The fourth-order valence-electron chi connectivity index (χ4n) is 2.53. The van der Waals surface area contributed by atoms with Gasteiger partial charge in [-0.25, -0.2) is 0 Å². The Balaban J connectivity index is 2.37. The summed E-state index contributed by atoms with van der Waals surface area (Å²) in [4.78, 5) is 2.31. The maximum atomic E-state index is 8.81. The molecule has 72 valence electrons. The molecule has 2 nitrogen and oxygen atoms in total. The molecule has 0 radical (unpaired) electrons. The third-order valence-corrected chi connectivity index (χ3v) is 3.23. The van der Waals surface area contributed by atoms with Crippen LogP contribution in [0.25, 0.3) is 0 Å². The van der Waals surface area contributed by atoms with Gasteiger partial charge < -0.3 is 10.0 Å². The van der Waals surface area contributed by atoms with Crippen LogP contribution >= 0.6 is 0 Å². The molecule has 0 bridgehead atoms. The predicted molar refractivity (Wildman–Crippen MR) is 51.1 cm³/mol. The summed E-state index contributed by atoms with van der Waals surface area (Å²) in [5.74, 6) is 1.70. The summed E-state index contributed by atoms with van der Waals surface area (Å²) >= 11 is 0. The molecule has 1 aliphatic rings. The third kappa shape index (κ3) is 1.80. The fourth-order valence-corrected chi connectivity index (χ4v) is 2.53. The molecule has 0 saturated heterocycles. The monoisotopic (exact) mass is 171 g/mol. The summed E-state index contributed by atoms with van der Waals surface area (Å²) in [6.45, 7) is 5.68. The number of aliphatic hydroxyl groups excluding tert-OH is 1. The number of hydrogen-bond donors (Lipinski definition) is 1. The summed E-state index contributed by atoms with van der Waals surface area (Å²) in [7, 11) is 2.12. The third-order valence-electron chi connectivity index (χ3n) is 3.23. The van der Waals surface area contributed by atoms with Crippen LogP contribution in [0.4, 0.5) is 0 Å². The number of aliphatic hydroxyl groups is 1. The lowest BCUT2D eigenvalue weighted by Crippen LogP contribution is -2.51. The van der Waals surface area contributed by atoms with E-state index < -0.39 is 0 Å². The van der Waals surface area contributed by atoms with Crippen molar-refractivity contribution >= 4 is 0 Å². The van der Waals surface area contributed by atoms with E-state index >= 15 is 0 Å². The molecule has 0 amide bonds. The molecule has 1 saturated carbocycles. The van der Waals surface area contributed by atoms with Crippen LogP contribution in [0.3, 0.4) is 0 Å². The van der Waals surface area contributed by atoms with Crippen molar-refractivity contribution in [3.8, 4) is 0 Å². The summed E-state index contributed by atoms with van der Waals surface area (Å²) in [5, 5.41) is 8.81. The lowest BCUT2D eigenvalue weighted by atomic mass is 9.69. The number of nitrogens with zero attached hydrogens (tertiary/aromatic N) is 1. The van der Waals surface area contributed by atoms with Crippen LogP contribution in [0.2, 0.25) is 0 Å². The second-order valence-corrected chi connectivity index (χ2v) is 4.08. The van der Waals surface area contributed by atoms with Gasteiger partial charge in [-0.1, -0.05) is 20.3 Å². The van der Waals surface area contributed by atoms with Gasteiger partial charge in [0.05, 0.1) is 6.61 Å². The minimum atomic E-state index is 0.288. The molecular weight excluding hydrogens is 150 g/mol. The average molecular weight is 171 g/mol. The molecule has 1 N–H and O–H groups in total. The highest BCUT2D eigenvalue weighted by atomic mass is 16.3. The second-order valence-electron chi connectivity index (χ2n) is 4.08. The summed E-state index contributed by atoms with van der Waals surface area (Å²) in [5.41, 5.74) is 0. The highest BCUT2D eigenvalue weighted by molar-refractivity contribution is 4.92. The Morgan fingerprint density at radius 1 is 1.50 bits per heavy atom. The van der Waals surface area contributed by atoms with Gasteiger partial charge in [-0.2, -0.15) is 0 Å². The van der Waals surface area contributed by atoms with Crippen LogP contribution in [0.5, 0.6) is 0 Å². The van der Waals surface area contributed by atoms with E-state index in [0.29, 0.717) is 0 Å². The second kappa shape index (κ2) is 4.24. The van der Waals surface area contributed by atoms with E-state index in [9.17, 15) is 0 Å². The summed E-state index contributed by atoms with van der Waals surface area (Å²) < 4.78 is 0. The molecule has 0 spiro atoms. The molecule has 1 rings (SSSR count). The van der Waals surface area contributed by atoms with Crippen LogP contribution < -0.4 is 0 Å². The molecule has 12 heavy (non-hydrogen) atoms. The lowest BCUT2D eigenvalue weighted by Gasteiger charge is -2.48. The van der Waals surface area contributed by atoms with Crippen molar-refractivity contribution in [3.63, 3.8) is 0 Å². The van der Waals surface area contributed by atoms with E-state index in [4.69, 9.17) is 5.11 Å². The first-order chi connectivity index (χ1) is 5.70. The van der Waals surface area contributed by atoms with Gasteiger partial charge in [0.2, 0.25) is 0 Å². The van der Waals surface area contributed by atoms with Crippen molar-refractivity contribution < 1.29 is 5.11 Å². The van der Waals surface area contributed by atoms with E-state index in [-0.39, 0.29) is 6.61 Å². The molecule has 0 aliphatic heterocycles. The summed E-state index contributed by atoms with van der Waals surface area (Å²) in [6.07, 6.45) is 2.65. The van der Waals surface area contributed by atoms with Crippen LogP contribution in [0.1, 0.15) is 26.7 Å². The molecule has 0 heterocycles. The van der Waals surface area contributed by atoms with E-state index in [2.05, 4.69) is 25.8 Å². The van der Waals surface area contributed by atoms with Crippen molar-refractivity contribution in [3.05, 3.63) is 0 Å². The number of hydrogen-bond acceptors (Lipinski definition) is 2. The molecule has 0 aromatic rings. The first-order valence-corrected chi connectivity index (χ1v) is 5.01. The number of likely N-dealkylation sites (N-methyl/N-ethyl adjacent to an activating group) is 1. The number of rotatable bonds is 4.